The molecule has 0 aromatic heterocycles. The highest BCUT2D eigenvalue weighted by molar-refractivity contribution is 6.30. The number of anilines is 1. The fraction of sp³-hybridized carbons (Fsp3) is 0.136. The van der Waals surface area contributed by atoms with E-state index in [0.717, 1.165) is 18.5 Å². The second-order valence-corrected chi connectivity index (χ2v) is 6.40. The van der Waals surface area contributed by atoms with Gasteiger partial charge in [-0.25, -0.2) is 0 Å². The first-order chi connectivity index (χ1) is 12.7. The van der Waals surface area contributed by atoms with Crippen molar-refractivity contribution in [2.24, 2.45) is 0 Å². The minimum Gasteiger partial charge on any atom is -0.457 e. The van der Waals surface area contributed by atoms with Gasteiger partial charge in [0.1, 0.15) is 11.5 Å². The molecule has 0 heterocycles. The van der Waals surface area contributed by atoms with E-state index in [1.165, 1.54) is 5.56 Å². The Morgan fingerprint density at radius 3 is 2.12 bits per heavy atom. The highest BCUT2D eigenvalue weighted by Crippen LogP contribution is 2.24. The van der Waals surface area contributed by atoms with Crippen molar-refractivity contribution in [1.29, 1.82) is 0 Å². The molecule has 132 valence electrons. The summed E-state index contributed by atoms with van der Waals surface area (Å²) < 4.78 is 5.74. The van der Waals surface area contributed by atoms with Gasteiger partial charge in [-0.1, -0.05) is 41.9 Å². The van der Waals surface area contributed by atoms with Crippen molar-refractivity contribution in [3.05, 3.63) is 89.4 Å². The molecule has 3 aromatic carbocycles. The van der Waals surface area contributed by atoms with Gasteiger partial charge in [0.05, 0.1) is 0 Å². The van der Waals surface area contributed by atoms with E-state index < -0.39 is 0 Å². The molecule has 0 radical (unpaired) electrons. The molecule has 0 bridgehead atoms. The van der Waals surface area contributed by atoms with Crippen molar-refractivity contribution in [2.75, 3.05) is 5.32 Å². The van der Waals surface area contributed by atoms with Crippen LogP contribution in [0, 0.1) is 0 Å². The van der Waals surface area contributed by atoms with Gasteiger partial charge < -0.3 is 10.1 Å². The molecule has 0 aliphatic heterocycles. The van der Waals surface area contributed by atoms with Crippen molar-refractivity contribution in [3.63, 3.8) is 0 Å². The Morgan fingerprint density at radius 2 is 1.46 bits per heavy atom. The average molecular weight is 366 g/mol. The number of benzene rings is 3. The van der Waals surface area contributed by atoms with Crippen LogP contribution in [0.15, 0.2) is 78.9 Å². The van der Waals surface area contributed by atoms with Crippen LogP contribution in [0.2, 0.25) is 5.02 Å². The van der Waals surface area contributed by atoms with E-state index in [2.05, 4.69) is 17.4 Å². The van der Waals surface area contributed by atoms with E-state index in [1.807, 2.05) is 54.6 Å². The predicted molar refractivity (Wildman–Crippen MR) is 106 cm³/mol. The van der Waals surface area contributed by atoms with E-state index >= 15 is 0 Å². The Hall–Kier alpha value is -2.78. The fourth-order valence-corrected chi connectivity index (χ4v) is 2.69. The lowest BCUT2D eigenvalue weighted by Gasteiger charge is -2.08. The molecule has 3 nitrogen and oxygen atoms in total. The number of amides is 1. The van der Waals surface area contributed by atoms with Crippen molar-refractivity contribution in [2.45, 2.75) is 19.3 Å². The van der Waals surface area contributed by atoms with Crippen LogP contribution in [0.25, 0.3) is 0 Å². The quantitative estimate of drug-likeness (QED) is 0.549. The molecule has 0 atom stereocenters. The van der Waals surface area contributed by atoms with Crippen LogP contribution in [0.1, 0.15) is 18.4 Å². The molecule has 0 saturated heterocycles. The zero-order chi connectivity index (χ0) is 18.2. The Kier molecular flexibility index (Phi) is 6.29. The van der Waals surface area contributed by atoms with Gasteiger partial charge in [0, 0.05) is 17.1 Å². The molecular formula is C22H20ClNO2. The molecule has 0 aliphatic carbocycles. The Labute approximate surface area is 158 Å². The van der Waals surface area contributed by atoms with Gasteiger partial charge in [-0.3, -0.25) is 4.79 Å². The van der Waals surface area contributed by atoms with Gasteiger partial charge in [-0.05, 0) is 66.9 Å². The number of carbonyl (C=O) groups is 1. The van der Waals surface area contributed by atoms with E-state index in [4.69, 9.17) is 16.3 Å². The molecule has 26 heavy (non-hydrogen) atoms. The molecule has 1 amide bonds. The Balaban J connectivity index is 1.46. The molecule has 0 spiro atoms. The fourth-order valence-electron chi connectivity index (χ4n) is 2.57. The summed E-state index contributed by atoms with van der Waals surface area (Å²) in [5.74, 6) is 1.44. The highest BCUT2D eigenvalue weighted by atomic mass is 35.5. The largest absolute Gasteiger partial charge is 0.457 e. The van der Waals surface area contributed by atoms with Crippen molar-refractivity contribution >= 4 is 23.2 Å². The van der Waals surface area contributed by atoms with Crippen molar-refractivity contribution in [1.82, 2.24) is 0 Å². The number of ether oxygens (including phenoxy) is 1. The smallest absolute Gasteiger partial charge is 0.224 e. The molecule has 0 unspecified atom stereocenters. The molecule has 0 aliphatic rings. The van der Waals surface area contributed by atoms with E-state index in [1.54, 1.807) is 12.1 Å². The minimum atomic E-state index is 0.0206. The van der Waals surface area contributed by atoms with Crippen LogP contribution in [0.3, 0.4) is 0 Å². The normalized spacial score (nSPS) is 10.3. The molecular weight excluding hydrogens is 346 g/mol. The summed E-state index contributed by atoms with van der Waals surface area (Å²) in [4.78, 5) is 12.1. The maximum absolute atomic E-state index is 12.1. The number of hydrogen-bond acceptors (Lipinski definition) is 2. The lowest BCUT2D eigenvalue weighted by molar-refractivity contribution is -0.116. The zero-order valence-electron chi connectivity index (χ0n) is 14.3. The summed E-state index contributed by atoms with van der Waals surface area (Å²) in [5, 5.41) is 3.58. The van der Waals surface area contributed by atoms with Gasteiger partial charge >= 0.3 is 0 Å². The maximum atomic E-state index is 12.1. The van der Waals surface area contributed by atoms with Crippen LogP contribution in [0.5, 0.6) is 11.5 Å². The third-order valence-electron chi connectivity index (χ3n) is 3.90. The van der Waals surface area contributed by atoms with Gasteiger partial charge in [0.15, 0.2) is 0 Å². The first-order valence-electron chi connectivity index (χ1n) is 8.56. The summed E-state index contributed by atoms with van der Waals surface area (Å²) >= 11 is 5.86. The molecule has 0 fully saturated rings. The van der Waals surface area contributed by atoms with Crippen LogP contribution in [-0.4, -0.2) is 5.91 Å². The van der Waals surface area contributed by atoms with Crippen molar-refractivity contribution < 1.29 is 9.53 Å². The molecule has 1 N–H and O–H groups in total. The second-order valence-electron chi connectivity index (χ2n) is 5.97. The van der Waals surface area contributed by atoms with Gasteiger partial charge in [-0.2, -0.15) is 0 Å². The van der Waals surface area contributed by atoms with Crippen LogP contribution in [0.4, 0.5) is 5.69 Å². The third-order valence-corrected chi connectivity index (χ3v) is 4.15. The zero-order valence-corrected chi connectivity index (χ0v) is 15.1. The number of nitrogens with one attached hydrogen (secondary N) is 1. The number of hydrogen-bond donors (Lipinski definition) is 1. The molecule has 4 heteroatoms. The topological polar surface area (TPSA) is 38.3 Å². The van der Waals surface area contributed by atoms with E-state index in [0.29, 0.717) is 22.9 Å². The second kappa shape index (κ2) is 9.07. The van der Waals surface area contributed by atoms with E-state index in [9.17, 15) is 4.79 Å². The highest BCUT2D eigenvalue weighted by Gasteiger charge is 2.04. The predicted octanol–water partition coefficient (Wildman–Crippen LogP) is 6.09. The SMILES string of the molecule is O=C(CCCc1ccccc1)Nc1ccc(Oc2ccc(Cl)cc2)cc1. The average Bonchev–Trinajstić information content (AvgIpc) is 2.66. The Bertz CT molecular complexity index is 830. The lowest BCUT2D eigenvalue weighted by Crippen LogP contribution is -2.11. The first-order valence-corrected chi connectivity index (χ1v) is 8.94. The number of halogens is 1. The minimum absolute atomic E-state index is 0.0206. The molecule has 0 saturated carbocycles. The van der Waals surface area contributed by atoms with Crippen LogP contribution >= 0.6 is 11.6 Å². The van der Waals surface area contributed by atoms with Crippen LogP contribution in [-0.2, 0) is 11.2 Å². The number of carbonyl (C=O) groups excluding carboxylic acids is 1. The van der Waals surface area contributed by atoms with Crippen molar-refractivity contribution in [3.8, 4) is 11.5 Å². The third kappa shape index (κ3) is 5.64. The van der Waals surface area contributed by atoms with Gasteiger partial charge in [0.2, 0.25) is 5.91 Å². The summed E-state index contributed by atoms with van der Waals surface area (Å²) in [5.41, 5.74) is 2.02. The summed E-state index contributed by atoms with van der Waals surface area (Å²) in [6.45, 7) is 0. The standard InChI is InChI=1S/C22H20ClNO2/c23-18-9-13-20(14-10-18)26-21-15-11-19(12-16-21)24-22(25)8-4-7-17-5-2-1-3-6-17/h1-3,5-6,9-16H,4,7-8H2,(H,24,25). The van der Waals surface area contributed by atoms with Gasteiger partial charge in [-0.15, -0.1) is 0 Å². The monoisotopic (exact) mass is 365 g/mol. The Morgan fingerprint density at radius 1 is 0.846 bits per heavy atom. The molecule has 3 aromatic rings. The lowest BCUT2D eigenvalue weighted by atomic mass is 10.1. The van der Waals surface area contributed by atoms with E-state index in [-0.39, 0.29) is 5.91 Å². The first kappa shape index (κ1) is 18.0. The van der Waals surface area contributed by atoms with Crippen LogP contribution < -0.4 is 10.1 Å². The summed E-state index contributed by atoms with van der Waals surface area (Å²) in [7, 11) is 0. The molecule has 3 rings (SSSR count). The number of aryl methyl sites for hydroxylation is 1. The summed E-state index contributed by atoms with van der Waals surface area (Å²) in [6.07, 6.45) is 2.23. The van der Waals surface area contributed by atoms with Gasteiger partial charge in [0.25, 0.3) is 0 Å². The summed E-state index contributed by atoms with van der Waals surface area (Å²) in [6, 6.07) is 24.7. The maximum Gasteiger partial charge on any atom is 0.224 e. The number of rotatable bonds is 7.